The quantitative estimate of drug-likeness (QED) is 0.617. The second-order valence-electron chi connectivity index (χ2n) is 5.53. The number of aromatic nitrogens is 6. The van der Waals surface area contributed by atoms with Gasteiger partial charge in [-0.15, -0.1) is 5.10 Å². The van der Waals surface area contributed by atoms with E-state index in [9.17, 15) is 13.2 Å². The molecule has 0 spiro atoms. The van der Waals surface area contributed by atoms with Crippen molar-refractivity contribution in [3.63, 3.8) is 0 Å². The number of imidazole rings is 1. The van der Waals surface area contributed by atoms with Gasteiger partial charge in [-0.25, -0.2) is 19.5 Å². The monoisotopic (exact) mass is 347 g/mol. The van der Waals surface area contributed by atoms with Gasteiger partial charge >= 0.3 is 6.18 Å². The van der Waals surface area contributed by atoms with Gasteiger partial charge in [0.1, 0.15) is 6.04 Å². The second-order valence-corrected chi connectivity index (χ2v) is 5.53. The average Bonchev–Trinajstić information content (AvgIpc) is 3.19. The first kappa shape index (κ1) is 15.4. The van der Waals surface area contributed by atoms with Gasteiger partial charge in [0.05, 0.1) is 11.7 Å². The molecule has 10 heteroatoms. The summed E-state index contributed by atoms with van der Waals surface area (Å²) in [5.41, 5.74) is 2.30. The van der Waals surface area contributed by atoms with E-state index in [1.165, 1.54) is 10.7 Å². The number of halogens is 3. The van der Waals surface area contributed by atoms with Gasteiger partial charge < -0.3 is 5.32 Å². The van der Waals surface area contributed by atoms with Crippen LogP contribution in [0.25, 0.3) is 22.4 Å². The molecule has 0 amide bonds. The lowest BCUT2D eigenvalue weighted by atomic mass is 10.1. The molecule has 4 rings (SSSR count). The number of rotatable bonds is 3. The molecule has 0 aliphatic heterocycles. The summed E-state index contributed by atoms with van der Waals surface area (Å²) in [6, 6.07) is 0.0636. The first-order valence-electron chi connectivity index (χ1n) is 7.38. The van der Waals surface area contributed by atoms with Crippen molar-refractivity contribution in [2.24, 2.45) is 0 Å². The largest absolute Gasteiger partial charge is 0.408 e. The summed E-state index contributed by atoms with van der Waals surface area (Å²) in [5.74, 6) is 0.485. The molecule has 1 N–H and O–H groups in total. The van der Waals surface area contributed by atoms with Crippen molar-refractivity contribution in [1.29, 1.82) is 0 Å². The maximum absolute atomic E-state index is 12.6. The molecule has 4 aromatic rings. The highest BCUT2D eigenvalue weighted by atomic mass is 19.4. The molecular weight excluding hydrogens is 335 g/mol. The lowest BCUT2D eigenvalue weighted by Gasteiger charge is -2.16. The predicted molar refractivity (Wildman–Crippen MR) is 84.1 cm³/mol. The zero-order valence-corrected chi connectivity index (χ0v) is 12.9. The van der Waals surface area contributed by atoms with Crippen LogP contribution >= 0.6 is 0 Å². The maximum atomic E-state index is 12.6. The Bertz CT molecular complexity index is 1050. The van der Waals surface area contributed by atoms with E-state index in [2.05, 4.69) is 25.4 Å². The Hall–Kier alpha value is -3.17. The highest BCUT2D eigenvalue weighted by molar-refractivity contribution is 5.79. The van der Waals surface area contributed by atoms with E-state index in [1.807, 2.05) is 6.20 Å². The molecule has 0 fully saturated rings. The second kappa shape index (κ2) is 5.43. The third-order valence-corrected chi connectivity index (χ3v) is 3.81. The fraction of sp³-hybridized carbons (Fsp3) is 0.200. The number of alkyl halides is 3. The Balaban J connectivity index is 1.70. The fourth-order valence-corrected chi connectivity index (χ4v) is 2.44. The molecule has 0 aliphatic rings. The van der Waals surface area contributed by atoms with Crippen molar-refractivity contribution >= 4 is 17.2 Å². The summed E-state index contributed by atoms with van der Waals surface area (Å²) in [7, 11) is 0. The Morgan fingerprint density at radius 2 is 1.96 bits per heavy atom. The summed E-state index contributed by atoms with van der Waals surface area (Å²) in [6.45, 7) is 1.01. The van der Waals surface area contributed by atoms with Crippen molar-refractivity contribution in [3.05, 3.63) is 43.2 Å². The van der Waals surface area contributed by atoms with E-state index in [4.69, 9.17) is 0 Å². The highest BCUT2D eigenvalue weighted by Gasteiger charge is 2.36. The Labute approximate surface area is 139 Å². The van der Waals surface area contributed by atoms with Crippen LogP contribution in [0.2, 0.25) is 0 Å². The Morgan fingerprint density at radius 3 is 2.76 bits per heavy atom. The van der Waals surface area contributed by atoms with Gasteiger partial charge in [-0.3, -0.25) is 4.40 Å². The lowest BCUT2D eigenvalue weighted by Crippen LogP contribution is -2.33. The minimum Gasteiger partial charge on any atom is -0.341 e. The number of nitrogens with zero attached hydrogens (tertiary/aromatic N) is 6. The standard InChI is InChI=1S/C15H12F3N7/c1-9(15(16,17)18)22-13-20-7-12-11(2-4-25(12)23-13)10-6-21-14-19-3-5-24(14)8-10/h2-9H,1H3,(H,22,23)/t9-/m1/s1. The van der Waals surface area contributed by atoms with Crippen molar-refractivity contribution < 1.29 is 13.2 Å². The molecule has 4 heterocycles. The molecule has 128 valence electrons. The van der Waals surface area contributed by atoms with Crippen LogP contribution in [-0.2, 0) is 0 Å². The van der Waals surface area contributed by atoms with Crippen LogP contribution in [0.15, 0.2) is 43.2 Å². The van der Waals surface area contributed by atoms with Gasteiger partial charge in [0.15, 0.2) is 0 Å². The predicted octanol–water partition coefficient (Wildman–Crippen LogP) is 2.80. The molecular formula is C15H12F3N7. The minimum atomic E-state index is -4.37. The molecule has 0 saturated carbocycles. The molecule has 0 unspecified atom stereocenters. The van der Waals surface area contributed by atoms with Crippen LogP contribution in [0.1, 0.15) is 6.92 Å². The number of fused-ring (bicyclic) bond motifs is 2. The van der Waals surface area contributed by atoms with Crippen molar-refractivity contribution in [1.82, 2.24) is 29.0 Å². The zero-order valence-electron chi connectivity index (χ0n) is 12.9. The SMILES string of the molecule is C[C@@H](Nc1ncc2c(-c3cnc4nccn4c3)ccn2n1)C(F)(F)F. The normalized spacial score (nSPS) is 13.4. The van der Waals surface area contributed by atoms with Gasteiger partial charge in [0.25, 0.3) is 0 Å². The maximum Gasteiger partial charge on any atom is 0.408 e. The summed E-state index contributed by atoms with van der Waals surface area (Å²) < 4.78 is 41.2. The first-order valence-corrected chi connectivity index (χ1v) is 7.38. The zero-order chi connectivity index (χ0) is 17.6. The minimum absolute atomic E-state index is 0.0948. The van der Waals surface area contributed by atoms with Gasteiger partial charge in [0.2, 0.25) is 11.7 Å². The summed E-state index contributed by atoms with van der Waals surface area (Å²) >= 11 is 0. The molecule has 7 nitrogen and oxygen atoms in total. The van der Waals surface area contributed by atoms with E-state index in [-0.39, 0.29) is 5.95 Å². The van der Waals surface area contributed by atoms with Crippen LogP contribution < -0.4 is 5.32 Å². The number of nitrogens with one attached hydrogen (secondary N) is 1. The van der Waals surface area contributed by atoms with Crippen molar-refractivity contribution in [2.75, 3.05) is 5.32 Å². The Kier molecular flexibility index (Phi) is 3.34. The van der Waals surface area contributed by atoms with Crippen LogP contribution in [0.3, 0.4) is 0 Å². The van der Waals surface area contributed by atoms with E-state index < -0.39 is 12.2 Å². The third kappa shape index (κ3) is 2.75. The first-order chi connectivity index (χ1) is 11.9. The van der Waals surface area contributed by atoms with E-state index in [0.717, 1.165) is 18.1 Å². The smallest absolute Gasteiger partial charge is 0.341 e. The third-order valence-electron chi connectivity index (χ3n) is 3.81. The van der Waals surface area contributed by atoms with Crippen LogP contribution in [0, 0.1) is 0 Å². The van der Waals surface area contributed by atoms with E-state index in [1.54, 1.807) is 35.3 Å². The molecule has 0 saturated heterocycles. The summed E-state index contributed by atoms with van der Waals surface area (Å²) in [5, 5.41) is 6.33. The van der Waals surface area contributed by atoms with E-state index >= 15 is 0 Å². The molecule has 4 aromatic heterocycles. The number of anilines is 1. The van der Waals surface area contributed by atoms with Gasteiger partial charge in [-0.2, -0.15) is 13.2 Å². The van der Waals surface area contributed by atoms with E-state index in [0.29, 0.717) is 11.3 Å². The van der Waals surface area contributed by atoms with Crippen LogP contribution in [-0.4, -0.2) is 41.2 Å². The van der Waals surface area contributed by atoms with Gasteiger partial charge in [-0.1, -0.05) is 0 Å². The van der Waals surface area contributed by atoms with Crippen molar-refractivity contribution in [3.8, 4) is 11.1 Å². The van der Waals surface area contributed by atoms with Crippen molar-refractivity contribution in [2.45, 2.75) is 19.1 Å². The van der Waals surface area contributed by atoms with Crippen LogP contribution in [0.5, 0.6) is 0 Å². The molecule has 25 heavy (non-hydrogen) atoms. The summed E-state index contributed by atoms with van der Waals surface area (Å²) in [4.78, 5) is 12.3. The molecule has 1 atom stereocenters. The molecule has 0 bridgehead atoms. The topological polar surface area (TPSA) is 72.4 Å². The number of hydrogen-bond acceptors (Lipinski definition) is 5. The summed E-state index contributed by atoms with van der Waals surface area (Å²) in [6.07, 6.45) is 5.73. The average molecular weight is 347 g/mol. The van der Waals surface area contributed by atoms with Gasteiger partial charge in [0, 0.05) is 42.1 Å². The molecule has 0 aliphatic carbocycles. The van der Waals surface area contributed by atoms with Crippen LogP contribution in [0.4, 0.5) is 19.1 Å². The number of hydrogen-bond donors (Lipinski definition) is 1. The Morgan fingerprint density at radius 1 is 1.12 bits per heavy atom. The molecule has 0 aromatic carbocycles. The van der Waals surface area contributed by atoms with Gasteiger partial charge in [-0.05, 0) is 13.0 Å². The lowest BCUT2D eigenvalue weighted by molar-refractivity contribution is -0.138. The molecule has 0 radical (unpaired) electrons. The fourth-order valence-electron chi connectivity index (χ4n) is 2.44. The highest BCUT2D eigenvalue weighted by Crippen LogP contribution is 2.26.